The minimum Gasteiger partial charge on any atom is -0.373 e. The normalized spacial score (nSPS) is 21.7. The van der Waals surface area contributed by atoms with E-state index in [4.69, 9.17) is 4.74 Å². The van der Waals surface area contributed by atoms with Gasteiger partial charge in [0.25, 0.3) is 0 Å². The Morgan fingerprint density at radius 2 is 1.78 bits per heavy atom. The Labute approximate surface area is 191 Å². The van der Waals surface area contributed by atoms with Gasteiger partial charge in [0.05, 0.1) is 23.9 Å². The standard InChI is InChI=1S/C25H34N2O4S/c1-16-14-18(8-13-22(16)27-32(7,29)30)17(2)26-23(28)21-15-25(21,31-6)20-11-9-19(10-12-20)24(3,4)5/h8-14,17,21,27H,15H2,1-7H3,(H,26,28)/t17-,21?,25?/m1/s1. The van der Waals surface area contributed by atoms with Gasteiger partial charge < -0.3 is 10.1 Å². The van der Waals surface area contributed by atoms with Gasteiger partial charge in [-0.2, -0.15) is 0 Å². The van der Waals surface area contributed by atoms with Crippen molar-refractivity contribution in [1.82, 2.24) is 5.32 Å². The van der Waals surface area contributed by atoms with Crippen LogP contribution in [-0.4, -0.2) is 27.7 Å². The number of amides is 1. The highest BCUT2D eigenvalue weighted by Gasteiger charge is 2.60. The van der Waals surface area contributed by atoms with E-state index in [9.17, 15) is 13.2 Å². The van der Waals surface area contributed by atoms with Crippen molar-refractivity contribution in [2.24, 2.45) is 5.92 Å². The molecule has 1 fully saturated rings. The highest BCUT2D eigenvalue weighted by molar-refractivity contribution is 7.92. The lowest BCUT2D eigenvalue weighted by Crippen LogP contribution is -2.31. The molecule has 0 heterocycles. The molecule has 0 saturated heterocycles. The predicted molar refractivity (Wildman–Crippen MR) is 128 cm³/mol. The highest BCUT2D eigenvalue weighted by Crippen LogP contribution is 2.55. The predicted octanol–water partition coefficient (Wildman–Crippen LogP) is 4.40. The molecule has 6 nitrogen and oxygen atoms in total. The van der Waals surface area contributed by atoms with Crippen LogP contribution >= 0.6 is 0 Å². The molecule has 2 unspecified atom stereocenters. The van der Waals surface area contributed by atoms with Crippen LogP contribution in [0, 0.1) is 12.8 Å². The largest absolute Gasteiger partial charge is 0.373 e. The van der Waals surface area contributed by atoms with Crippen molar-refractivity contribution in [3.05, 3.63) is 64.7 Å². The zero-order valence-corrected chi connectivity index (χ0v) is 20.8. The summed E-state index contributed by atoms with van der Waals surface area (Å²) in [5, 5.41) is 3.09. The van der Waals surface area contributed by atoms with Gasteiger partial charge in [-0.05, 0) is 54.0 Å². The molecule has 0 bridgehead atoms. The van der Waals surface area contributed by atoms with Crippen LogP contribution < -0.4 is 10.0 Å². The molecular weight excluding hydrogens is 424 g/mol. The maximum Gasteiger partial charge on any atom is 0.229 e. The number of carbonyl (C=O) groups excluding carboxylic acids is 1. The Balaban J connectivity index is 1.70. The van der Waals surface area contributed by atoms with Crippen molar-refractivity contribution in [3.8, 4) is 0 Å². The molecule has 1 amide bonds. The molecule has 174 valence electrons. The van der Waals surface area contributed by atoms with Gasteiger partial charge in [0.15, 0.2) is 0 Å². The molecule has 32 heavy (non-hydrogen) atoms. The number of hydrogen-bond acceptors (Lipinski definition) is 4. The fourth-order valence-electron chi connectivity index (χ4n) is 4.13. The van der Waals surface area contributed by atoms with Crippen molar-refractivity contribution in [1.29, 1.82) is 0 Å². The maximum atomic E-state index is 13.0. The third-order valence-corrected chi connectivity index (χ3v) is 6.83. The molecule has 1 aliphatic rings. The van der Waals surface area contributed by atoms with Gasteiger partial charge >= 0.3 is 0 Å². The Bertz CT molecular complexity index is 1100. The van der Waals surface area contributed by atoms with E-state index in [0.717, 1.165) is 22.9 Å². The van der Waals surface area contributed by atoms with Crippen LogP contribution in [-0.2, 0) is 30.6 Å². The summed E-state index contributed by atoms with van der Waals surface area (Å²) in [4.78, 5) is 13.0. The summed E-state index contributed by atoms with van der Waals surface area (Å²) >= 11 is 0. The summed E-state index contributed by atoms with van der Waals surface area (Å²) in [7, 11) is -1.68. The minimum absolute atomic E-state index is 0.0461. The van der Waals surface area contributed by atoms with E-state index < -0.39 is 15.6 Å². The third kappa shape index (κ3) is 5.15. The second kappa shape index (κ2) is 8.52. The molecule has 1 saturated carbocycles. The van der Waals surface area contributed by atoms with E-state index in [1.807, 2.05) is 26.0 Å². The summed E-state index contributed by atoms with van der Waals surface area (Å²) in [6.45, 7) is 10.3. The van der Waals surface area contributed by atoms with Gasteiger partial charge in [-0.25, -0.2) is 8.42 Å². The Morgan fingerprint density at radius 1 is 1.16 bits per heavy atom. The van der Waals surface area contributed by atoms with E-state index >= 15 is 0 Å². The second-order valence-electron chi connectivity index (χ2n) is 9.86. The van der Waals surface area contributed by atoms with Crippen LogP contribution in [0.25, 0.3) is 0 Å². The number of nitrogens with one attached hydrogen (secondary N) is 2. The number of carbonyl (C=O) groups is 1. The monoisotopic (exact) mass is 458 g/mol. The number of hydrogen-bond donors (Lipinski definition) is 2. The lowest BCUT2D eigenvalue weighted by atomic mass is 9.86. The number of benzene rings is 2. The Hall–Kier alpha value is -2.38. The molecular formula is C25H34N2O4S. The molecule has 1 aliphatic carbocycles. The van der Waals surface area contributed by atoms with E-state index in [2.05, 4.69) is 55.1 Å². The number of ether oxygens (including phenoxy) is 1. The number of sulfonamides is 1. The van der Waals surface area contributed by atoms with Gasteiger partial charge in [-0.15, -0.1) is 0 Å². The van der Waals surface area contributed by atoms with E-state index in [-0.39, 0.29) is 23.3 Å². The minimum atomic E-state index is -3.34. The van der Waals surface area contributed by atoms with E-state index in [1.165, 1.54) is 5.56 Å². The average molecular weight is 459 g/mol. The fraction of sp³-hybridized carbons (Fsp3) is 0.480. The van der Waals surface area contributed by atoms with Crippen LogP contribution in [0.2, 0.25) is 0 Å². The average Bonchev–Trinajstić information content (AvgIpc) is 3.44. The number of aryl methyl sites for hydroxylation is 1. The Morgan fingerprint density at radius 3 is 2.28 bits per heavy atom. The van der Waals surface area contributed by atoms with Crippen molar-refractivity contribution in [2.75, 3.05) is 18.1 Å². The summed E-state index contributed by atoms with van der Waals surface area (Å²) in [6.07, 6.45) is 1.77. The fourth-order valence-corrected chi connectivity index (χ4v) is 4.76. The zero-order valence-electron chi connectivity index (χ0n) is 19.9. The second-order valence-corrected chi connectivity index (χ2v) is 11.6. The SMILES string of the molecule is COC1(c2ccc(C(C)(C)C)cc2)CC1C(=O)N[C@H](C)c1ccc(NS(C)(=O)=O)c(C)c1. The van der Waals surface area contributed by atoms with E-state index in [1.54, 1.807) is 13.2 Å². The topological polar surface area (TPSA) is 84.5 Å². The number of methoxy groups -OCH3 is 1. The van der Waals surface area contributed by atoms with Crippen molar-refractivity contribution in [2.45, 2.75) is 58.1 Å². The molecule has 0 radical (unpaired) electrons. The number of rotatable bonds is 7. The van der Waals surface area contributed by atoms with Crippen LogP contribution in [0.5, 0.6) is 0 Å². The zero-order chi connectivity index (χ0) is 23.9. The number of anilines is 1. The van der Waals surface area contributed by atoms with Crippen LogP contribution in [0.1, 0.15) is 62.4 Å². The van der Waals surface area contributed by atoms with Gasteiger partial charge in [0.2, 0.25) is 15.9 Å². The first kappa shape index (κ1) is 24.3. The molecule has 2 aromatic carbocycles. The summed E-state index contributed by atoms with van der Waals surface area (Å²) < 4.78 is 31.3. The lowest BCUT2D eigenvalue weighted by molar-refractivity contribution is -0.125. The van der Waals surface area contributed by atoms with Gasteiger partial charge in [-0.3, -0.25) is 9.52 Å². The van der Waals surface area contributed by atoms with Crippen molar-refractivity contribution in [3.63, 3.8) is 0 Å². The first-order chi connectivity index (χ1) is 14.8. The smallest absolute Gasteiger partial charge is 0.229 e. The molecule has 3 atom stereocenters. The van der Waals surface area contributed by atoms with Gasteiger partial charge in [-0.1, -0.05) is 57.2 Å². The molecule has 0 aromatic heterocycles. The summed E-state index contributed by atoms with van der Waals surface area (Å²) in [5.41, 5.74) is 3.99. The van der Waals surface area contributed by atoms with Crippen molar-refractivity contribution >= 4 is 21.6 Å². The first-order valence-electron chi connectivity index (χ1n) is 10.8. The first-order valence-corrected chi connectivity index (χ1v) is 12.7. The van der Waals surface area contributed by atoms with E-state index in [0.29, 0.717) is 12.1 Å². The summed E-state index contributed by atoms with van der Waals surface area (Å²) in [5.74, 6) is -0.294. The lowest BCUT2D eigenvalue weighted by Gasteiger charge is -2.22. The third-order valence-electron chi connectivity index (χ3n) is 6.24. The van der Waals surface area contributed by atoms with Crippen LogP contribution in [0.15, 0.2) is 42.5 Å². The van der Waals surface area contributed by atoms with Gasteiger partial charge in [0, 0.05) is 7.11 Å². The molecule has 2 aromatic rings. The molecule has 7 heteroatoms. The maximum absolute atomic E-state index is 13.0. The molecule has 0 spiro atoms. The summed E-state index contributed by atoms with van der Waals surface area (Å²) in [6, 6.07) is 13.6. The Kier molecular flexibility index (Phi) is 6.46. The van der Waals surface area contributed by atoms with Crippen LogP contribution in [0.4, 0.5) is 5.69 Å². The highest BCUT2D eigenvalue weighted by atomic mass is 32.2. The van der Waals surface area contributed by atoms with Crippen LogP contribution in [0.3, 0.4) is 0 Å². The molecule has 2 N–H and O–H groups in total. The quantitative estimate of drug-likeness (QED) is 0.644. The van der Waals surface area contributed by atoms with Crippen molar-refractivity contribution < 1.29 is 17.9 Å². The van der Waals surface area contributed by atoms with Gasteiger partial charge in [0.1, 0.15) is 5.60 Å². The molecule has 0 aliphatic heterocycles. The molecule has 3 rings (SSSR count).